The molecule has 2 saturated carbocycles. The molecule has 92 valence electrons. The summed E-state index contributed by atoms with van der Waals surface area (Å²) in [6.07, 6.45) is 6.45. The average Bonchev–Trinajstić information content (AvgIpc) is 2.21. The van der Waals surface area contributed by atoms with Crippen molar-refractivity contribution in [2.45, 2.75) is 64.0 Å². The number of nitrogens with two attached hydrogens (primary N) is 1. The molecule has 2 fully saturated rings. The SMILES string of the molecule is CC1CCCC(NC(=O)C2(N)CCC2)C1C. The van der Waals surface area contributed by atoms with Crippen molar-refractivity contribution < 1.29 is 4.79 Å². The van der Waals surface area contributed by atoms with E-state index in [0.29, 0.717) is 17.9 Å². The second-order valence-electron chi connectivity index (χ2n) is 5.86. The molecule has 2 aliphatic rings. The van der Waals surface area contributed by atoms with Crippen molar-refractivity contribution in [1.29, 1.82) is 0 Å². The molecule has 3 nitrogen and oxygen atoms in total. The van der Waals surface area contributed by atoms with E-state index in [1.54, 1.807) is 0 Å². The van der Waals surface area contributed by atoms with E-state index < -0.39 is 5.54 Å². The maximum absolute atomic E-state index is 12.0. The zero-order chi connectivity index (χ0) is 11.8. The number of carbonyl (C=O) groups is 1. The van der Waals surface area contributed by atoms with Crippen LogP contribution < -0.4 is 11.1 Å². The van der Waals surface area contributed by atoms with Crippen molar-refractivity contribution >= 4 is 5.91 Å². The van der Waals surface area contributed by atoms with Crippen LogP contribution in [0.25, 0.3) is 0 Å². The molecule has 16 heavy (non-hydrogen) atoms. The lowest BCUT2D eigenvalue weighted by molar-refractivity contribution is -0.130. The quantitative estimate of drug-likeness (QED) is 0.751. The van der Waals surface area contributed by atoms with E-state index in [4.69, 9.17) is 5.73 Å². The van der Waals surface area contributed by atoms with Crippen molar-refractivity contribution in [3.05, 3.63) is 0 Å². The third-order valence-electron chi connectivity index (χ3n) is 4.72. The lowest BCUT2D eigenvalue weighted by Crippen LogP contribution is -2.61. The molecule has 0 radical (unpaired) electrons. The molecule has 3 unspecified atom stereocenters. The Hall–Kier alpha value is -0.570. The minimum absolute atomic E-state index is 0.0877. The predicted octanol–water partition coefficient (Wildman–Crippen LogP) is 1.81. The molecule has 1 amide bonds. The van der Waals surface area contributed by atoms with Gasteiger partial charge in [-0.1, -0.05) is 26.7 Å². The third kappa shape index (κ3) is 2.10. The number of nitrogens with one attached hydrogen (secondary N) is 1. The maximum Gasteiger partial charge on any atom is 0.240 e. The Kier molecular flexibility index (Phi) is 3.24. The molecule has 0 aliphatic heterocycles. The fourth-order valence-electron chi connectivity index (χ4n) is 2.88. The molecule has 3 heteroatoms. The summed E-state index contributed by atoms with van der Waals surface area (Å²) in [7, 11) is 0. The van der Waals surface area contributed by atoms with E-state index in [2.05, 4.69) is 19.2 Å². The molecule has 0 aromatic carbocycles. The molecule has 3 N–H and O–H groups in total. The molecule has 2 rings (SSSR count). The monoisotopic (exact) mass is 224 g/mol. The Morgan fingerprint density at radius 3 is 2.50 bits per heavy atom. The van der Waals surface area contributed by atoms with Crippen molar-refractivity contribution in [2.24, 2.45) is 17.6 Å². The Labute approximate surface area is 98.2 Å². The maximum atomic E-state index is 12.0. The van der Waals surface area contributed by atoms with Crippen LogP contribution >= 0.6 is 0 Å². The molecular weight excluding hydrogens is 200 g/mol. The van der Waals surface area contributed by atoms with Gasteiger partial charge in [-0.15, -0.1) is 0 Å². The second-order valence-corrected chi connectivity index (χ2v) is 5.86. The first-order chi connectivity index (χ1) is 7.53. The molecule has 3 atom stereocenters. The second kappa shape index (κ2) is 4.36. The molecule has 0 bridgehead atoms. The van der Waals surface area contributed by atoms with E-state index in [-0.39, 0.29) is 5.91 Å². The highest BCUT2D eigenvalue weighted by atomic mass is 16.2. The largest absolute Gasteiger partial charge is 0.351 e. The van der Waals surface area contributed by atoms with Gasteiger partial charge in [-0.3, -0.25) is 4.79 Å². The van der Waals surface area contributed by atoms with E-state index in [1.807, 2.05) is 0 Å². The fourth-order valence-corrected chi connectivity index (χ4v) is 2.88. The van der Waals surface area contributed by atoms with Crippen LogP contribution in [0.5, 0.6) is 0 Å². The van der Waals surface area contributed by atoms with Gasteiger partial charge in [-0.05, 0) is 37.5 Å². The molecule has 0 aromatic heterocycles. The standard InChI is InChI=1S/C13H24N2O/c1-9-5-3-6-11(10(9)2)15-12(16)13(14)7-4-8-13/h9-11H,3-8,14H2,1-2H3,(H,15,16). The van der Waals surface area contributed by atoms with Crippen LogP contribution in [-0.2, 0) is 4.79 Å². The zero-order valence-electron chi connectivity index (χ0n) is 10.5. The van der Waals surface area contributed by atoms with Crippen LogP contribution in [0.4, 0.5) is 0 Å². The van der Waals surface area contributed by atoms with Crippen LogP contribution in [0.1, 0.15) is 52.4 Å². The average molecular weight is 224 g/mol. The first-order valence-electron chi connectivity index (χ1n) is 6.63. The lowest BCUT2D eigenvalue weighted by atomic mass is 9.75. The van der Waals surface area contributed by atoms with Crippen LogP contribution in [-0.4, -0.2) is 17.5 Å². The summed E-state index contributed by atoms with van der Waals surface area (Å²) in [6, 6.07) is 0.345. The number of carbonyl (C=O) groups excluding carboxylic acids is 1. The summed E-state index contributed by atoms with van der Waals surface area (Å²) in [4.78, 5) is 12.0. The van der Waals surface area contributed by atoms with Crippen molar-refractivity contribution in [2.75, 3.05) is 0 Å². The first-order valence-corrected chi connectivity index (χ1v) is 6.63. The van der Waals surface area contributed by atoms with Crippen molar-refractivity contribution in [1.82, 2.24) is 5.32 Å². The van der Waals surface area contributed by atoms with Gasteiger partial charge in [-0.2, -0.15) is 0 Å². The molecule has 0 saturated heterocycles. The Bertz CT molecular complexity index is 273. The Morgan fingerprint density at radius 2 is 1.94 bits per heavy atom. The van der Waals surface area contributed by atoms with Gasteiger partial charge in [0.2, 0.25) is 5.91 Å². The van der Waals surface area contributed by atoms with Crippen LogP contribution in [0.15, 0.2) is 0 Å². The summed E-state index contributed by atoms with van der Waals surface area (Å²) in [5, 5.41) is 3.18. The van der Waals surface area contributed by atoms with Crippen LogP contribution in [0.2, 0.25) is 0 Å². The highest BCUT2D eigenvalue weighted by molar-refractivity contribution is 5.87. The highest BCUT2D eigenvalue weighted by Gasteiger charge is 2.41. The lowest BCUT2D eigenvalue weighted by Gasteiger charge is -2.40. The normalized spacial score (nSPS) is 37.6. The highest BCUT2D eigenvalue weighted by Crippen LogP contribution is 2.32. The van der Waals surface area contributed by atoms with E-state index >= 15 is 0 Å². The van der Waals surface area contributed by atoms with Gasteiger partial charge in [0.15, 0.2) is 0 Å². The van der Waals surface area contributed by atoms with Crippen molar-refractivity contribution in [3.63, 3.8) is 0 Å². The summed E-state index contributed by atoms with van der Waals surface area (Å²) in [6.45, 7) is 4.53. The fraction of sp³-hybridized carbons (Fsp3) is 0.923. The molecule has 0 spiro atoms. The summed E-state index contributed by atoms with van der Waals surface area (Å²) >= 11 is 0. The van der Waals surface area contributed by atoms with E-state index in [1.165, 1.54) is 12.8 Å². The molecule has 0 heterocycles. The number of hydrogen-bond acceptors (Lipinski definition) is 2. The zero-order valence-corrected chi connectivity index (χ0v) is 10.5. The van der Waals surface area contributed by atoms with Gasteiger partial charge >= 0.3 is 0 Å². The first kappa shape index (κ1) is 11.9. The van der Waals surface area contributed by atoms with Crippen LogP contribution in [0, 0.1) is 11.8 Å². The van der Waals surface area contributed by atoms with Gasteiger partial charge in [-0.25, -0.2) is 0 Å². The van der Waals surface area contributed by atoms with Gasteiger partial charge in [0.25, 0.3) is 0 Å². The molecular formula is C13H24N2O. The number of hydrogen-bond donors (Lipinski definition) is 2. The Balaban J connectivity index is 1.91. The number of rotatable bonds is 2. The van der Waals surface area contributed by atoms with Gasteiger partial charge in [0, 0.05) is 6.04 Å². The van der Waals surface area contributed by atoms with Gasteiger partial charge in [0.1, 0.15) is 0 Å². The van der Waals surface area contributed by atoms with E-state index in [9.17, 15) is 4.79 Å². The minimum Gasteiger partial charge on any atom is -0.351 e. The minimum atomic E-state index is -0.541. The van der Waals surface area contributed by atoms with Gasteiger partial charge in [0.05, 0.1) is 5.54 Å². The summed E-state index contributed by atoms with van der Waals surface area (Å²) in [5.41, 5.74) is 5.49. The topological polar surface area (TPSA) is 55.1 Å². The summed E-state index contributed by atoms with van der Waals surface area (Å²) in [5.74, 6) is 1.39. The molecule has 0 aromatic rings. The van der Waals surface area contributed by atoms with Gasteiger partial charge < -0.3 is 11.1 Å². The van der Waals surface area contributed by atoms with Crippen LogP contribution in [0.3, 0.4) is 0 Å². The molecule has 2 aliphatic carbocycles. The number of amides is 1. The van der Waals surface area contributed by atoms with E-state index in [0.717, 1.165) is 25.7 Å². The van der Waals surface area contributed by atoms with Crippen molar-refractivity contribution in [3.8, 4) is 0 Å². The third-order valence-corrected chi connectivity index (χ3v) is 4.72. The summed E-state index contributed by atoms with van der Waals surface area (Å²) < 4.78 is 0. The predicted molar refractivity (Wildman–Crippen MR) is 64.9 cm³/mol. The smallest absolute Gasteiger partial charge is 0.240 e. The Morgan fingerprint density at radius 1 is 1.25 bits per heavy atom.